The van der Waals surface area contributed by atoms with Gasteiger partial charge in [0.1, 0.15) is 11.4 Å². The van der Waals surface area contributed by atoms with Crippen LogP contribution in [0, 0.1) is 13.8 Å². The molecular weight excluding hydrogens is 364 g/mol. The standard InChI is InChI=1S/C19H28N4O3S/c1-14(11-12-17-9-7-6-8-10-17)20-18(24)13-23-16(3)19(15(2)21-23)27(25,26)22(4)5/h6-10,14H,11-13H2,1-5H3,(H,20,24)/t14-/m1/s1. The maximum atomic E-state index is 12.4. The monoisotopic (exact) mass is 392 g/mol. The number of benzene rings is 1. The minimum absolute atomic E-state index is 0.00863. The number of hydrogen-bond acceptors (Lipinski definition) is 4. The number of sulfonamides is 1. The highest BCUT2D eigenvalue weighted by Crippen LogP contribution is 2.21. The first-order valence-electron chi connectivity index (χ1n) is 8.92. The molecule has 0 radical (unpaired) electrons. The van der Waals surface area contributed by atoms with Gasteiger partial charge in [-0.2, -0.15) is 5.10 Å². The quantitative estimate of drug-likeness (QED) is 0.743. The average molecular weight is 393 g/mol. The Labute approximate surface area is 161 Å². The maximum absolute atomic E-state index is 12.4. The predicted octanol–water partition coefficient (Wildman–Crippen LogP) is 1.89. The summed E-state index contributed by atoms with van der Waals surface area (Å²) >= 11 is 0. The normalized spacial score (nSPS) is 13.0. The van der Waals surface area contributed by atoms with E-state index in [1.165, 1.54) is 24.3 Å². The van der Waals surface area contributed by atoms with Crippen molar-refractivity contribution in [3.8, 4) is 0 Å². The summed E-state index contributed by atoms with van der Waals surface area (Å²) < 4.78 is 27.5. The first-order valence-corrected chi connectivity index (χ1v) is 10.4. The lowest BCUT2D eigenvalue weighted by Gasteiger charge is -2.15. The van der Waals surface area contributed by atoms with Gasteiger partial charge in [-0.25, -0.2) is 12.7 Å². The molecular formula is C19H28N4O3S. The summed E-state index contributed by atoms with van der Waals surface area (Å²) in [4.78, 5) is 12.5. The van der Waals surface area contributed by atoms with Gasteiger partial charge in [-0.05, 0) is 39.2 Å². The van der Waals surface area contributed by atoms with Crippen LogP contribution in [0.4, 0.5) is 0 Å². The van der Waals surface area contributed by atoms with Gasteiger partial charge in [-0.3, -0.25) is 9.48 Å². The minimum atomic E-state index is -3.60. The molecule has 0 spiro atoms. The molecule has 2 aromatic rings. The van der Waals surface area contributed by atoms with Crippen LogP contribution < -0.4 is 5.32 Å². The van der Waals surface area contributed by atoms with Crippen LogP contribution in [-0.2, 0) is 27.8 Å². The molecule has 1 atom stereocenters. The van der Waals surface area contributed by atoms with Crippen molar-refractivity contribution in [2.45, 2.75) is 51.1 Å². The van der Waals surface area contributed by atoms with Crippen LogP contribution in [0.1, 0.15) is 30.3 Å². The molecule has 0 saturated heterocycles. The number of aromatic nitrogens is 2. The molecule has 27 heavy (non-hydrogen) atoms. The molecule has 2 rings (SSSR count). The lowest BCUT2D eigenvalue weighted by atomic mass is 10.1. The second kappa shape index (κ2) is 8.67. The Morgan fingerprint density at radius 1 is 1.22 bits per heavy atom. The molecule has 1 N–H and O–H groups in total. The summed E-state index contributed by atoms with van der Waals surface area (Å²) in [6, 6.07) is 10.1. The van der Waals surface area contributed by atoms with Gasteiger partial charge in [0, 0.05) is 20.1 Å². The fourth-order valence-electron chi connectivity index (χ4n) is 2.95. The zero-order valence-electron chi connectivity index (χ0n) is 16.6. The van der Waals surface area contributed by atoms with Crippen molar-refractivity contribution in [3.63, 3.8) is 0 Å². The van der Waals surface area contributed by atoms with E-state index >= 15 is 0 Å². The number of nitrogens with one attached hydrogen (secondary N) is 1. The molecule has 0 unspecified atom stereocenters. The Bertz CT molecular complexity index is 889. The number of carbonyl (C=O) groups excluding carboxylic acids is 1. The molecule has 0 aliphatic carbocycles. The molecule has 1 aromatic carbocycles. The zero-order valence-corrected chi connectivity index (χ0v) is 17.4. The molecule has 148 valence electrons. The Hall–Kier alpha value is -2.19. The summed E-state index contributed by atoms with van der Waals surface area (Å²) in [5.41, 5.74) is 2.09. The zero-order chi connectivity index (χ0) is 20.2. The van der Waals surface area contributed by atoms with Crippen molar-refractivity contribution < 1.29 is 13.2 Å². The van der Waals surface area contributed by atoms with E-state index in [1.54, 1.807) is 13.8 Å². The summed E-state index contributed by atoms with van der Waals surface area (Å²) in [5, 5.41) is 7.21. The van der Waals surface area contributed by atoms with Crippen molar-refractivity contribution in [3.05, 3.63) is 47.3 Å². The van der Waals surface area contributed by atoms with Crippen molar-refractivity contribution >= 4 is 15.9 Å². The van der Waals surface area contributed by atoms with Gasteiger partial charge in [-0.15, -0.1) is 0 Å². The number of amides is 1. The number of nitrogens with zero attached hydrogens (tertiary/aromatic N) is 3. The second-order valence-electron chi connectivity index (χ2n) is 6.94. The molecule has 0 fully saturated rings. The van der Waals surface area contributed by atoms with Crippen LogP contribution in [0.25, 0.3) is 0 Å². The van der Waals surface area contributed by atoms with E-state index in [0.29, 0.717) is 11.4 Å². The van der Waals surface area contributed by atoms with E-state index in [0.717, 1.165) is 17.1 Å². The third-order valence-corrected chi connectivity index (χ3v) is 6.53. The maximum Gasteiger partial charge on any atom is 0.246 e. The molecule has 0 aliphatic rings. The molecule has 8 heteroatoms. The van der Waals surface area contributed by atoms with Crippen molar-refractivity contribution in [2.24, 2.45) is 0 Å². The van der Waals surface area contributed by atoms with E-state index in [4.69, 9.17) is 0 Å². The third-order valence-electron chi connectivity index (χ3n) is 4.46. The van der Waals surface area contributed by atoms with Crippen molar-refractivity contribution in [1.29, 1.82) is 0 Å². The Balaban J connectivity index is 2.00. The van der Waals surface area contributed by atoms with Crippen LogP contribution >= 0.6 is 0 Å². The fraction of sp³-hybridized carbons (Fsp3) is 0.474. The first kappa shape index (κ1) is 21.1. The van der Waals surface area contributed by atoms with Crippen LogP contribution in [0.15, 0.2) is 35.2 Å². The smallest absolute Gasteiger partial charge is 0.246 e. The van der Waals surface area contributed by atoms with Gasteiger partial charge in [0.25, 0.3) is 0 Å². The predicted molar refractivity (Wildman–Crippen MR) is 105 cm³/mol. The molecule has 7 nitrogen and oxygen atoms in total. The average Bonchev–Trinajstić information content (AvgIpc) is 2.87. The summed E-state index contributed by atoms with van der Waals surface area (Å²) in [5.74, 6) is -0.185. The van der Waals surface area contributed by atoms with Gasteiger partial charge in [0.05, 0.1) is 11.4 Å². The third kappa shape index (κ3) is 5.17. The SMILES string of the molecule is Cc1nn(CC(=O)N[C@H](C)CCc2ccccc2)c(C)c1S(=O)(=O)N(C)C. The molecule has 0 bridgehead atoms. The number of rotatable bonds is 8. The fourth-order valence-corrected chi connectivity index (χ4v) is 4.20. The minimum Gasteiger partial charge on any atom is -0.352 e. The molecule has 0 aliphatic heterocycles. The topological polar surface area (TPSA) is 84.3 Å². The van der Waals surface area contributed by atoms with Crippen LogP contribution in [0.5, 0.6) is 0 Å². The lowest BCUT2D eigenvalue weighted by Crippen LogP contribution is -2.35. The molecule has 1 amide bonds. The highest BCUT2D eigenvalue weighted by Gasteiger charge is 2.27. The Morgan fingerprint density at radius 3 is 2.44 bits per heavy atom. The Morgan fingerprint density at radius 2 is 1.85 bits per heavy atom. The largest absolute Gasteiger partial charge is 0.352 e. The number of aryl methyl sites for hydroxylation is 2. The number of carbonyl (C=O) groups is 1. The van der Waals surface area contributed by atoms with Crippen molar-refractivity contribution in [2.75, 3.05) is 14.1 Å². The van der Waals surface area contributed by atoms with Gasteiger partial charge >= 0.3 is 0 Å². The summed E-state index contributed by atoms with van der Waals surface area (Å²) in [6.45, 7) is 5.26. The van der Waals surface area contributed by atoms with E-state index < -0.39 is 10.0 Å². The highest BCUT2D eigenvalue weighted by molar-refractivity contribution is 7.89. The van der Waals surface area contributed by atoms with Crippen LogP contribution in [-0.4, -0.2) is 48.5 Å². The molecule has 0 saturated carbocycles. The second-order valence-corrected chi connectivity index (χ2v) is 9.03. The van der Waals surface area contributed by atoms with Gasteiger partial charge < -0.3 is 5.32 Å². The lowest BCUT2D eigenvalue weighted by molar-refractivity contribution is -0.122. The van der Waals surface area contributed by atoms with E-state index in [1.807, 2.05) is 25.1 Å². The Kier molecular flexibility index (Phi) is 6.78. The van der Waals surface area contributed by atoms with Gasteiger partial charge in [-0.1, -0.05) is 30.3 Å². The van der Waals surface area contributed by atoms with Crippen LogP contribution in [0.2, 0.25) is 0 Å². The molecule has 1 aromatic heterocycles. The van der Waals surface area contributed by atoms with Gasteiger partial charge in [0.15, 0.2) is 0 Å². The molecule has 1 heterocycles. The van der Waals surface area contributed by atoms with Crippen LogP contribution in [0.3, 0.4) is 0 Å². The van der Waals surface area contributed by atoms with Crippen molar-refractivity contribution in [1.82, 2.24) is 19.4 Å². The summed E-state index contributed by atoms with van der Waals surface area (Å²) in [6.07, 6.45) is 1.71. The van der Waals surface area contributed by atoms with E-state index in [2.05, 4.69) is 22.5 Å². The van der Waals surface area contributed by atoms with Gasteiger partial charge in [0.2, 0.25) is 15.9 Å². The summed E-state index contributed by atoms with van der Waals surface area (Å²) in [7, 11) is -0.640. The highest BCUT2D eigenvalue weighted by atomic mass is 32.2. The van der Waals surface area contributed by atoms with E-state index in [9.17, 15) is 13.2 Å². The number of hydrogen-bond donors (Lipinski definition) is 1. The van der Waals surface area contributed by atoms with E-state index in [-0.39, 0.29) is 23.4 Å². The first-order chi connectivity index (χ1) is 12.6.